The van der Waals surface area contributed by atoms with Crippen LogP contribution in [-0.4, -0.2) is 39.8 Å². The quantitative estimate of drug-likeness (QED) is 0.517. The van der Waals surface area contributed by atoms with Gasteiger partial charge in [-0.25, -0.2) is 0 Å². The van der Waals surface area contributed by atoms with Crippen molar-refractivity contribution in [3.8, 4) is 5.75 Å². The Hall–Kier alpha value is -2.02. The van der Waals surface area contributed by atoms with Crippen LogP contribution in [0.15, 0.2) is 40.0 Å². The number of amides is 1. The van der Waals surface area contributed by atoms with E-state index in [1.165, 1.54) is 11.8 Å². The Morgan fingerprint density at radius 2 is 1.81 bits per heavy atom. The van der Waals surface area contributed by atoms with Gasteiger partial charge in [0.05, 0.1) is 5.75 Å². The van der Waals surface area contributed by atoms with Crippen molar-refractivity contribution in [1.82, 2.24) is 15.1 Å². The van der Waals surface area contributed by atoms with Gasteiger partial charge in [-0.1, -0.05) is 56.7 Å². The van der Waals surface area contributed by atoms with Crippen molar-refractivity contribution in [2.45, 2.75) is 51.4 Å². The average Bonchev–Trinajstić information content (AvgIpc) is 3.13. The Morgan fingerprint density at radius 1 is 1.12 bits per heavy atom. The lowest BCUT2D eigenvalue weighted by Gasteiger charge is -2.21. The molecule has 2 aromatic rings. The van der Waals surface area contributed by atoms with Gasteiger partial charge in [0.25, 0.3) is 11.1 Å². The second kappa shape index (κ2) is 11.6. The summed E-state index contributed by atoms with van der Waals surface area (Å²) in [5.41, 5.74) is 0. The fourth-order valence-electron chi connectivity index (χ4n) is 2.29. The van der Waals surface area contributed by atoms with Gasteiger partial charge in [-0.3, -0.25) is 4.79 Å². The van der Waals surface area contributed by atoms with Crippen molar-refractivity contribution in [1.29, 1.82) is 0 Å². The van der Waals surface area contributed by atoms with Crippen LogP contribution in [0.3, 0.4) is 0 Å². The maximum atomic E-state index is 12.4. The SMILES string of the molecule is CCCCN(CCCC)C(=O)CSc1nnc(COc2ccccc2)o1. The maximum Gasteiger partial charge on any atom is 0.277 e. The van der Waals surface area contributed by atoms with Crippen LogP contribution < -0.4 is 4.74 Å². The van der Waals surface area contributed by atoms with E-state index in [2.05, 4.69) is 24.0 Å². The number of unbranched alkanes of at least 4 members (excludes halogenated alkanes) is 2. The van der Waals surface area contributed by atoms with Crippen LogP contribution >= 0.6 is 11.8 Å². The fourth-order valence-corrected chi connectivity index (χ4v) is 2.97. The molecule has 1 amide bonds. The Balaban J connectivity index is 1.78. The van der Waals surface area contributed by atoms with E-state index in [-0.39, 0.29) is 12.5 Å². The fraction of sp³-hybridized carbons (Fsp3) is 0.526. The van der Waals surface area contributed by atoms with E-state index >= 15 is 0 Å². The number of hydrogen-bond donors (Lipinski definition) is 0. The smallest absolute Gasteiger partial charge is 0.277 e. The molecular formula is C19H27N3O3S. The van der Waals surface area contributed by atoms with Crippen LogP contribution in [0.1, 0.15) is 45.4 Å². The molecule has 0 N–H and O–H groups in total. The Morgan fingerprint density at radius 3 is 2.46 bits per heavy atom. The van der Waals surface area contributed by atoms with Gasteiger partial charge in [0.2, 0.25) is 5.91 Å². The molecule has 1 aromatic carbocycles. The molecule has 0 aliphatic carbocycles. The minimum absolute atomic E-state index is 0.122. The van der Waals surface area contributed by atoms with E-state index in [4.69, 9.17) is 9.15 Å². The summed E-state index contributed by atoms with van der Waals surface area (Å²) in [6.07, 6.45) is 4.22. The Bertz CT molecular complexity index is 640. The number of carbonyl (C=O) groups is 1. The first kappa shape index (κ1) is 20.3. The van der Waals surface area contributed by atoms with Gasteiger partial charge in [-0.2, -0.15) is 0 Å². The lowest BCUT2D eigenvalue weighted by molar-refractivity contribution is -0.128. The molecule has 0 fully saturated rings. The summed E-state index contributed by atoms with van der Waals surface area (Å²) >= 11 is 1.28. The number of benzene rings is 1. The minimum Gasteiger partial charge on any atom is -0.484 e. The third-order valence-electron chi connectivity index (χ3n) is 3.79. The number of ether oxygens (including phenoxy) is 1. The molecule has 1 heterocycles. The predicted octanol–water partition coefficient (Wildman–Crippen LogP) is 4.17. The molecule has 0 saturated carbocycles. The van der Waals surface area contributed by atoms with E-state index in [9.17, 15) is 4.79 Å². The first-order valence-corrected chi connectivity index (χ1v) is 10.1. The largest absolute Gasteiger partial charge is 0.484 e. The Labute approximate surface area is 159 Å². The van der Waals surface area contributed by atoms with Crippen molar-refractivity contribution in [3.05, 3.63) is 36.2 Å². The molecule has 7 heteroatoms. The van der Waals surface area contributed by atoms with Gasteiger partial charge in [0.1, 0.15) is 5.75 Å². The van der Waals surface area contributed by atoms with E-state index in [1.54, 1.807) is 0 Å². The van der Waals surface area contributed by atoms with E-state index < -0.39 is 0 Å². The van der Waals surface area contributed by atoms with Gasteiger partial charge in [0, 0.05) is 13.1 Å². The highest BCUT2D eigenvalue weighted by Crippen LogP contribution is 2.18. The highest BCUT2D eigenvalue weighted by atomic mass is 32.2. The number of hydrogen-bond acceptors (Lipinski definition) is 6. The first-order chi connectivity index (χ1) is 12.7. The normalized spacial score (nSPS) is 10.7. The van der Waals surface area contributed by atoms with E-state index in [1.807, 2.05) is 35.2 Å². The second-order valence-electron chi connectivity index (χ2n) is 5.94. The van der Waals surface area contributed by atoms with Crippen molar-refractivity contribution in [3.63, 3.8) is 0 Å². The van der Waals surface area contributed by atoms with E-state index in [0.717, 1.165) is 44.5 Å². The lowest BCUT2D eigenvalue weighted by atomic mass is 10.2. The summed E-state index contributed by atoms with van der Waals surface area (Å²) in [6.45, 7) is 6.11. The molecule has 0 bridgehead atoms. The standard InChI is InChI=1S/C19H27N3O3S/c1-3-5-12-22(13-6-4-2)18(23)15-26-19-21-20-17(25-19)14-24-16-10-8-7-9-11-16/h7-11H,3-6,12-15H2,1-2H3. The molecule has 26 heavy (non-hydrogen) atoms. The number of thioether (sulfide) groups is 1. The van der Waals surface area contributed by atoms with Crippen molar-refractivity contribution in [2.75, 3.05) is 18.8 Å². The number of aromatic nitrogens is 2. The molecule has 2 rings (SSSR count). The number of carbonyl (C=O) groups excluding carboxylic acids is 1. The lowest BCUT2D eigenvalue weighted by Crippen LogP contribution is -2.34. The van der Waals surface area contributed by atoms with Crippen molar-refractivity contribution in [2.24, 2.45) is 0 Å². The molecule has 0 aliphatic heterocycles. The number of para-hydroxylation sites is 1. The monoisotopic (exact) mass is 377 g/mol. The summed E-state index contributed by atoms with van der Waals surface area (Å²) in [5.74, 6) is 1.58. The Kier molecular flexibility index (Phi) is 9.03. The number of nitrogens with zero attached hydrogens (tertiary/aromatic N) is 3. The molecule has 142 valence electrons. The molecule has 0 atom stereocenters. The molecule has 0 spiro atoms. The van der Waals surface area contributed by atoms with Gasteiger partial charge >= 0.3 is 0 Å². The second-order valence-corrected chi connectivity index (χ2v) is 6.87. The van der Waals surface area contributed by atoms with Crippen molar-refractivity contribution < 1.29 is 13.9 Å². The zero-order valence-electron chi connectivity index (χ0n) is 15.5. The molecule has 6 nitrogen and oxygen atoms in total. The van der Waals surface area contributed by atoms with Crippen LogP contribution in [0.5, 0.6) is 5.75 Å². The molecule has 1 aromatic heterocycles. The van der Waals surface area contributed by atoms with Crippen LogP contribution in [-0.2, 0) is 11.4 Å². The zero-order chi connectivity index (χ0) is 18.6. The van der Waals surface area contributed by atoms with Gasteiger partial charge < -0.3 is 14.1 Å². The van der Waals surface area contributed by atoms with Crippen LogP contribution in [0.4, 0.5) is 0 Å². The van der Waals surface area contributed by atoms with Gasteiger partial charge in [0.15, 0.2) is 6.61 Å². The summed E-state index contributed by atoms with van der Waals surface area (Å²) in [4.78, 5) is 14.4. The summed E-state index contributed by atoms with van der Waals surface area (Å²) in [6, 6.07) is 9.46. The number of rotatable bonds is 12. The third kappa shape index (κ3) is 7.07. The minimum atomic E-state index is 0.122. The molecule has 0 saturated heterocycles. The summed E-state index contributed by atoms with van der Waals surface area (Å²) < 4.78 is 11.1. The van der Waals surface area contributed by atoms with Crippen LogP contribution in [0.25, 0.3) is 0 Å². The molecule has 0 unspecified atom stereocenters. The zero-order valence-corrected chi connectivity index (χ0v) is 16.3. The van der Waals surface area contributed by atoms with Crippen molar-refractivity contribution >= 4 is 17.7 Å². The molecule has 0 radical (unpaired) electrons. The highest BCUT2D eigenvalue weighted by molar-refractivity contribution is 7.99. The van der Waals surface area contributed by atoms with Gasteiger partial charge in [-0.05, 0) is 25.0 Å². The summed E-state index contributed by atoms with van der Waals surface area (Å²) in [5, 5.41) is 8.34. The average molecular weight is 378 g/mol. The van der Waals surface area contributed by atoms with E-state index in [0.29, 0.717) is 16.9 Å². The highest BCUT2D eigenvalue weighted by Gasteiger charge is 2.15. The topological polar surface area (TPSA) is 68.5 Å². The van der Waals surface area contributed by atoms with Gasteiger partial charge in [-0.15, -0.1) is 10.2 Å². The van der Waals surface area contributed by atoms with Crippen LogP contribution in [0, 0.1) is 0 Å². The summed E-state index contributed by atoms with van der Waals surface area (Å²) in [7, 11) is 0. The predicted molar refractivity (Wildman–Crippen MR) is 102 cm³/mol. The first-order valence-electron chi connectivity index (χ1n) is 9.13. The van der Waals surface area contributed by atoms with Crippen LogP contribution in [0.2, 0.25) is 0 Å². The molecule has 0 aliphatic rings. The maximum absolute atomic E-state index is 12.4. The molecular weight excluding hydrogens is 350 g/mol. The third-order valence-corrected chi connectivity index (χ3v) is 4.59.